The zero-order chi connectivity index (χ0) is 18.8. The number of nitrogens with zero attached hydrogens (tertiary/aromatic N) is 2. The van der Waals surface area contributed by atoms with Crippen LogP contribution in [0.5, 0.6) is 5.75 Å². The molecule has 1 aliphatic rings. The van der Waals surface area contributed by atoms with Gasteiger partial charge in [-0.2, -0.15) is 4.98 Å². The van der Waals surface area contributed by atoms with Gasteiger partial charge in [0.1, 0.15) is 17.4 Å². The van der Waals surface area contributed by atoms with Gasteiger partial charge in [0.05, 0.1) is 0 Å². The Morgan fingerprint density at radius 3 is 3.00 bits per heavy atom. The lowest BCUT2D eigenvalue weighted by atomic mass is 10.0. The molecule has 1 aromatic carbocycles. The molecule has 1 saturated heterocycles. The van der Waals surface area contributed by atoms with Crippen molar-refractivity contribution in [1.29, 1.82) is 0 Å². The number of aromatic nitrogens is 2. The second-order valence-electron chi connectivity index (χ2n) is 6.75. The molecule has 0 amide bonds. The molecule has 27 heavy (non-hydrogen) atoms. The molecule has 7 nitrogen and oxygen atoms in total. The second-order valence-corrected chi connectivity index (χ2v) is 6.75. The smallest absolute Gasteiger partial charge is 0.336 e. The number of hydrogen-bond donors (Lipinski definition) is 0. The molecule has 0 bridgehead atoms. The van der Waals surface area contributed by atoms with Crippen LogP contribution in [-0.4, -0.2) is 16.7 Å². The minimum Gasteiger partial charge on any atom is -0.485 e. The van der Waals surface area contributed by atoms with Crippen LogP contribution in [0.15, 0.2) is 31.9 Å². The van der Waals surface area contributed by atoms with E-state index < -0.39 is 0 Å². The number of hydrogen-bond acceptors (Lipinski definition) is 7. The molecular formula is C20H22N2O5. The first-order valence-electron chi connectivity index (χ1n) is 9.29. The molecule has 3 heterocycles. The number of benzene rings is 1. The first kappa shape index (κ1) is 17.7. The molecule has 0 radical (unpaired) electrons. The average molecular weight is 370 g/mol. The van der Waals surface area contributed by atoms with E-state index in [1.165, 1.54) is 0 Å². The summed E-state index contributed by atoms with van der Waals surface area (Å²) in [5, 5.41) is 4.90. The Labute approximate surface area is 156 Å². The fourth-order valence-electron chi connectivity index (χ4n) is 3.41. The van der Waals surface area contributed by atoms with Gasteiger partial charge in [0.15, 0.2) is 6.61 Å². The Morgan fingerprint density at radius 2 is 2.22 bits per heavy atom. The van der Waals surface area contributed by atoms with E-state index in [1.54, 1.807) is 6.07 Å². The molecule has 1 aliphatic heterocycles. The van der Waals surface area contributed by atoms with Crippen molar-refractivity contribution in [3.8, 4) is 5.75 Å². The van der Waals surface area contributed by atoms with Gasteiger partial charge in [-0.1, -0.05) is 18.5 Å². The quantitative estimate of drug-likeness (QED) is 0.609. The van der Waals surface area contributed by atoms with Crippen molar-refractivity contribution in [3.05, 3.63) is 51.5 Å². The van der Waals surface area contributed by atoms with Crippen molar-refractivity contribution in [3.63, 3.8) is 0 Å². The highest BCUT2D eigenvalue weighted by Gasteiger charge is 2.24. The van der Waals surface area contributed by atoms with Crippen LogP contribution in [0.25, 0.3) is 11.0 Å². The minimum absolute atomic E-state index is 0.111. The van der Waals surface area contributed by atoms with E-state index in [1.807, 2.05) is 19.1 Å². The van der Waals surface area contributed by atoms with Crippen molar-refractivity contribution in [2.75, 3.05) is 6.61 Å². The third-order valence-corrected chi connectivity index (χ3v) is 4.76. The van der Waals surface area contributed by atoms with E-state index in [9.17, 15) is 4.79 Å². The molecule has 7 heteroatoms. The van der Waals surface area contributed by atoms with E-state index in [2.05, 4.69) is 17.1 Å². The Kier molecular flexibility index (Phi) is 4.94. The van der Waals surface area contributed by atoms with Crippen LogP contribution in [0, 0.1) is 6.92 Å². The SMILES string of the molecule is CCCc1cc(=O)oc2c(C)c(OCc3noc(C4CCCO4)n3)ccc12. The molecule has 2 aromatic heterocycles. The molecule has 1 atom stereocenters. The molecule has 142 valence electrons. The molecule has 0 saturated carbocycles. The molecule has 3 aromatic rings. The third-order valence-electron chi connectivity index (χ3n) is 4.76. The van der Waals surface area contributed by atoms with Crippen molar-refractivity contribution in [2.24, 2.45) is 0 Å². The van der Waals surface area contributed by atoms with Crippen molar-refractivity contribution >= 4 is 11.0 Å². The first-order valence-corrected chi connectivity index (χ1v) is 9.29. The summed E-state index contributed by atoms with van der Waals surface area (Å²) in [6.07, 6.45) is 3.57. The van der Waals surface area contributed by atoms with Gasteiger partial charge in [0.2, 0.25) is 5.82 Å². The Balaban J connectivity index is 1.55. The molecule has 1 unspecified atom stereocenters. The fraction of sp³-hybridized carbons (Fsp3) is 0.450. The van der Waals surface area contributed by atoms with Gasteiger partial charge in [-0.15, -0.1) is 0 Å². The molecule has 0 aliphatic carbocycles. The van der Waals surface area contributed by atoms with E-state index in [-0.39, 0.29) is 18.3 Å². The van der Waals surface area contributed by atoms with E-state index in [4.69, 9.17) is 18.4 Å². The van der Waals surface area contributed by atoms with Gasteiger partial charge in [-0.3, -0.25) is 0 Å². The lowest BCUT2D eigenvalue weighted by Crippen LogP contribution is -2.04. The van der Waals surface area contributed by atoms with Crippen LogP contribution >= 0.6 is 0 Å². The lowest BCUT2D eigenvalue weighted by Gasteiger charge is -2.11. The Bertz CT molecular complexity index is 1000. The van der Waals surface area contributed by atoms with Gasteiger partial charge in [0.25, 0.3) is 5.89 Å². The number of aryl methyl sites for hydroxylation is 2. The maximum Gasteiger partial charge on any atom is 0.336 e. The zero-order valence-corrected chi connectivity index (χ0v) is 15.5. The molecule has 4 rings (SSSR count). The molecule has 0 N–H and O–H groups in total. The van der Waals surface area contributed by atoms with Gasteiger partial charge >= 0.3 is 5.63 Å². The lowest BCUT2D eigenvalue weighted by molar-refractivity contribution is 0.0835. The average Bonchev–Trinajstić information content (AvgIpc) is 3.33. The van der Waals surface area contributed by atoms with Crippen LogP contribution < -0.4 is 10.4 Å². The first-order chi connectivity index (χ1) is 13.2. The van der Waals surface area contributed by atoms with Crippen LogP contribution in [0.1, 0.15) is 55.1 Å². The number of ether oxygens (including phenoxy) is 2. The highest BCUT2D eigenvalue weighted by molar-refractivity contribution is 5.84. The summed E-state index contributed by atoms with van der Waals surface area (Å²) in [6, 6.07) is 5.38. The van der Waals surface area contributed by atoms with Crippen LogP contribution in [-0.2, 0) is 17.8 Å². The molecular weight excluding hydrogens is 348 g/mol. The van der Waals surface area contributed by atoms with Gasteiger partial charge in [-0.05, 0) is 43.9 Å². The van der Waals surface area contributed by atoms with Gasteiger partial charge < -0.3 is 18.4 Å². The van der Waals surface area contributed by atoms with E-state index in [0.717, 1.165) is 48.8 Å². The normalized spacial score (nSPS) is 16.9. The number of rotatable bonds is 6. The monoisotopic (exact) mass is 370 g/mol. The predicted molar refractivity (Wildman–Crippen MR) is 97.8 cm³/mol. The van der Waals surface area contributed by atoms with E-state index in [0.29, 0.717) is 23.0 Å². The number of fused-ring (bicyclic) bond motifs is 1. The summed E-state index contributed by atoms with van der Waals surface area (Å²) in [7, 11) is 0. The van der Waals surface area contributed by atoms with E-state index >= 15 is 0 Å². The van der Waals surface area contributed by atoms with Crippen molar-refractivity contribution in [2.45, 2.75) is 52.2 Å². The van der Waals surface area contributed by atoms with Gasteiger partial charge in [0, 0.05) is 23.6 Å². The van der Waals surface area contributed by atoms with Crippen molar-refractivity contribution in [1.82, 2.24) is 10.1 Å². The summed E-state index contributed by atoms with van der Waals surface area (Å²) in [5.41, 5.74) is 2.00. The zero-order valence-electron chi connectivity index (χ0n) is 15.5. The second kappa shape index (κ2) is 7.52. The highest BCUT2D eigenvalue weighted by atomic mass is 16.5. The standard InChI is InChI=1S/C20H22N2O5/c1-3-5-13-10-18(23)26-19-12(2)15(8-7-14(13)19)25-11-17-21-20(27-22-17)16-6-4-9-24-16/h7-8,10,16H,3-6,9,11H2,1-2H3. The molecule has 1 fully saturated rings. The summed E-state index contributed by atoms with van der Waals surface area (Å²) < 4.78 is 22.1. The van der Waals surface area contributed by atoms with Crippen LogP contribution in [0.4, 0.5) is 0 Å². The summed E-state index contributed by atoms with van der Waals surface area (Å²) in [5.74, 6) is 1.58. The van der Waals surface area contributed by atoms with Crippen LogP contribution in [0.2, 0.25) is 0 Å². The summed E-state index contributed by atoms with van der Waals surface area (Å²) in [6.45, 7) is 4.85. The molecule has 0 spiro atoms. The Morgan fingerprint density at radius 1 is 1.33 bits per heavy atom. The van der Waals surface area contributed by atoms with Crippen molar-refractivity contribution < 1.29 is 18.4 Å². The largest absolute Gasteiger partial charge is 0.485 e. The summed E-state index contributed by atoms with van der Waals surface area (Å²) in [4.78, 5) is 16.2. The topological polar surface area (TPSA) is 87.6 Å². The fourth-order valence-corrected chi connectivity index (χ4v) is 3.41. The minimum atomic E-state index is -0.342. The highest BCUT2D eigenvalue weighted by Crippen LogP contribution is 2.30. The maximum absolute atomic E-state index is 11.9. The third kappa shape index (κ3) is 3.60. The van der Waals surface area contributed by atoms with Crippen LogP contribution in [0.3, 0.4) is 0 Å². The Hall–Kier alpha value is -2.67. The maximum atomic E-state index is 11.9. The van der Waals surface area contributed by atoms with Gasteiger partial charge in [-0.25, -0.2) is 4.79 Å². The predicted octanol–water partition coefficient (Wildman–Crippen LogP) is 3.87. The summed E-state index contributed by atoms with van der Waals surface area (Å²) >= 11 is 0.